The first-order valence-corrected chi connectivity index (χ1v) is 8.95. The third-order valence-corrected chi connectivity index (χ3v) is 4.27. The number of carbonyl (C=O) groups excluding carboxylic acids is 1. The highest BCUT2D eigenvalue weighted by molar-refractivity contribution is 5.94. The minimum atomic E-state index is -0.176. The minimum Gasteiger partial charge on any atom is -0.493 e. The van der Waals surface area contributed by atoms with E-state index < -0.39 is 0 Å². The number of ether oxygens (including phenoxy) is 3. The number of benzene rings is 3. The number of hydrogen-bond donors (Lipinski definition) is 1. The summed E-state index contributed by atoms with van der Waals surface area (Å²) in [5.41, 5.74) is 2.62. The molecule has 0 aromatic heterocycles. The van der Waals surface area contributed by atoms with Crippen LogP contribution in [0.2, 0.25) is 0 Å². The molecule has 1 amide bonds. The summed E-state index contributed by atoms with van der Waals surface area (Å²) in [4.78, 5) is 12.4. The normalized spacial score (nSPS) is 10.2. The molecule has 0 aliphatic carbocycles. The van der Waals surface area contributed by atoms with Gasteiger partial charge < -0.3 is 19.5 Å². The molecule has 0 aliphatic heterocycles. The molecule has 3 aromatic carbocycles. The third-order valence-electron chi connectivity index (χ3n) is 4.27. The molecule has 28 heavy (non-hydrogen) atoms. The molecule has 0 atom stereocenters. The molecular weight excluding hydrogens is 354 g/mol. The maximum Gasteiger partial charge on any atom is 0.251 e. The van der Waals surface area contributed by atoms with Crippen LogP contribution in [0.4, 0.5) is 0 Å². The zero-order chi connectivity index (χ0) is 19.8. The van der Waals surface area contributed by atoms with E-state index in [0.29, 0.717) is 30.2 Å². The van der Waals surface area contributed by atoms with Crippen molar-refractivity contribution in [2.75, 3.05) is 14.2 Å². The average Bonchev–Trinajstić information content (AvgIpc) is 2.77. The highest BCUT2D eigenvalue weighted by Gasteiger charge is 2.10. The van der Waals surface area contributed by atoms with E-state index in [0.717, 1.165) is 16.9 Å². The summed E-state index contributed by atoms with van der Waals surface area (Å²) in [5, 5.41) is 2.91. The Morgan fingerprint density at radius 2 is 1.54 bits per heavy atom. The Balaban J connectivity index is 1.53. The van der Waals surface area contributed by atoms with Gasteiger partial charge in [-0.2, -0.15) is 0 Å². The van der Waals surface area contributed by atoms with Crippen LogP contribution in [0.5, 0.6) is 17.2 Å². The molecule has 3 aromatic rings. The van der Waals surface area contributed by atoms with Gasteiger partial charge in [0.15, 0.2) is 11.5 Å². The predicted molar refractivity (Wildman–Crippen MR) is 108 cm³/mol. The molecule has 0 aliphatic rings. The van der Waals surface area contributed by atoms with Crippen LogP contribution in [0.15, 0.2) is 72.8 Å². The smallest absolute Gasteiger partial charge is 0.251 e. The fourth-order valence-electron chi connectivity index (χ4n) is 2.71. The molecule has 0 saturated carbocycles. The maximum absolute atomic E-state index is 12.4. The second-order valence-corrected chi connectivity index (χ2v) is 6.17. The number of hydrogen-bond acceptors (Lipinski definition) is 4. The third kappa shape index (κ3) is 5.04. The van der Waals surface area contributed by atoms with Crippen LogP contribution in [0.3, 0.4) is 0 Å². The Morgan fingerprint density at radius 1 is 0.821 bits per heavy atom. The van der Waals surface area contributed by atoms with Crippen LogP contribution in [0.25, 0.3) is 0 Å². The van der Waals surface area contributed by atoms with Gasteiger partial charge in [-0.1, -0.05) is 42.5 Å². The number of nitrogens with one attached hydrogen (secondary N) is 1. The van der Waals surface area contributed by atoms with Crippen LogP contribution >= 0.6 is 0 Å². The second kappa shape index (κ2) is 9.46. The molecule has 0 heterocycles. The van der Waals surface area contributed by atoms with Gasteiger partial charge >= 0.3 is 0 Å². The summed E-state index contributed by atoms with van der Waals surface area (Å²) in [6, 6.07) is 22.8. The van der Waals surface area contributed by atoms with Crippen LogP contribution < -0.4 is 19.5 Å². The lowest BCUT2D eigenvalue weighted by Crippen LogP contribution is -2.22. The molecule has 5 nitrogen and oxygen atoms in total. The lowest BCUT2D eigenvalue weighted by molar-refractivity contribution is 0.0950. The van der Waals surface area contributed by atoms with E-state index in [1.54, 1.807) is 32.4 Å². The summed E-state index contributed by atoms with van der Waals surface area (Å²) in [6.45, 7) is 0.947. The van der Waals surface area contributed by atoms with Crippen LogP contribution in [0, 0.1) is 0 Å². The molecule has 0 spiro atoms. The summed E-state index contributed by atoms with van der Waals surface area (Å²) < 4.78 is 16.2. The molecule has 1 N–H and O–H groups in total. The van der Waals surface area contributed by atoms with Crippen LogP contribution in [-0.2, 0) is 13.2 Å². The first-order chi connectivity index (χ1) is 13.7. The van der Waals surface area contributed by atoms with Gasteiger partial charge in [0.1, 0.15) is 12.4 Å². The summed E-state index contributed by atoms with van der Waals surface area (Å²) >= 11 is 0. The molecule has 144 valence electrons. The van der Waals surface area contributed by atoms with Gasteiger partial charge in [0.25, 0.3) is 5.91 Å². The molecule has 0 bridgehead atoms. The van der Waals surface area contributed by atoms with Crippen molar-refractivity contribution in [2.45, 2.75) is 13.2 Å². The van der Waals surface area contributed by atoms with Crippen molar-refractivity contribution < 1.29 is 19.0 Å². The number of amides is 1. The van der Waals surface area contributed by atoms with Crippen molar-refractivity contribution >= 4 is 5.91 Å². The Morgan fingerprint density at radius 3 is 2.21 bits per heavy atom. The van der Waals surface area contributed by atoms with E-state index in [9.17, 15) is 4.79 Å². The fraction of sp³-hybridized carbons (Fsp3) is 0.174. The first-order valence-electron chi connectivity index (χ1n) is 8.95. The van der Waals surface area contributed by atoms with Gasteiger partial charge in [0.05, 0.1) is 14.2 Å². The lowest BCUT2D eigenvalue weighted by atomic mass is 10.1. The van der Waals surface area contributed by atoms with Crippen molar-refractivity contribution in [1.29, 1.82) is 0 Å². The van der Waals surface area contributed by atoms with E-state index in [4.69, 9.17) is 14.2 Å². The summed E-state index contributed by atoms with van der Waals surface area (Å²) in [7, 11) is 3.10. The Kier molecular flexibility index (Phi) is 6.52. The molecule has 0 saturated heterocycles. The summed E-state index contributed by atoms with van der Waals surface area (Å²) in [6.07, 6.45) is 0. The van der Waals surface area contributed by atoms with Crippen molar-refractivity contribution in [1.82, 2.24) is 5.32 Å². The monoisotopic (exact) mass is 377 g/mol. The Hall–Kier alpha value is -3.47. The van der Waals surface area contributed by atoms with Crippen molar-refractivity contribution in [2.24, 2.45) is 0 Å². The zero-order valence-corrected chi connectivity index (χ0v) is 16.0. The van der Waals surface area contributed by atoms with Crippen molar-refractivity contribution in [3.63, 3.8) is 0 Å². The van der Waals surface area contributed by atoms with Gasteiger partial charge in [-0.25, -0.2) is 0 Å². The highest BCUT2D eigenvalue weighted by atomic mass is 16.5. The van der Waals surface area contributed by atoms with Gasteiger partial charge in [-0.3, -0.25) is 4.79 Å². The molecule has 5 heteroatoms. The fourth-order valence-corrected chi connectivity index (χ4v) is 2.71. The topological polar surface area (TPSA) is 56.8 Å². The average molecular weight is 377 g/mol. The predicted octanol–water partition coefficient (Wildman–Crippen LogP) is 4.21. The molecule has 0 fully saturated rings. The SMILES string of the molecule is COc1ccc(C(=O)NCc2ccc(OCc3ccccc3)cc2)cc1OC. The van der Waals surface area contributed by atoms with Gasteiger partial charge in [-0.15, -0.1) is 0 Å². The molecular formula is C23H23NO4. The summed E-state index contributed by atoms with van der Waals surface area (Å²) in [5.74, 6) is 1.73. The van der Waals surface area contributed by atoms with Crippen LogP contribution in [0.1, 0.15) is 21.5 Å². The lowest BCUT2D eigenvalue weighted by Gasteiger charge is -2.10. The van der Waals surface area contributed by atoms with E-state index in [1.165, 1.54) is 0 Å². The van der Waals surface area contributed by atoms with E-state index in [-0.39, 0.29) is 5.91 Å². The highest BCUT2D eigenvalue weighted by Crippen LogP contribution is 2.27. The molecule has 0 radical (unpaired) electrons. The van der Waals surface area contributed by atoms with Gasteiger partial charge in [0, 0.05) is 12.1 Å². The standard InChI is InChI=1S/C23H23NO4/c1-26-21-13-10-19(14-22(21)27-2)23(25)24-15-17-8-11-20(12-9-17)28-16-18-6-4-3-5-7-18/h3-14H,15-16H2,1-2H3,(H,24,25). The molecule has 0 unspecified atom stereocenters. The van der Waals surface area contributed by atoms with E-state index in [1.807, 2.05) is 54.6 Å². The molecule has 3 rings (SSSR count). The van der Waals surface area contributed by atoms with Gasteiger partial charge in [0.2, 0.25) is 0 Å². The van der Waals surface area contributed by atoms with E-state index in [2.05, 4.69) is 5.32 Å². The Bertz CT molecular complexity index is 908. The minimum absolute atomic E-state index is 0.176. The number of rotatable bonds is 8. The maximum atomic E-state index is 12.4. The quantitative estimate of drug-likeness (QED) is 0.639. The van der Waals surface area contributed by atoms with Crippen molar-refractivity contribution in [3.05, 3.63) is 89.5 Å². The first kappa shape index (κ1) is 19.3. The second-order valence-electron chi connectivity index (χ2n) is 6.17. The Labute approximate surface area is 164 Å². The van der Waals surface area contributed by atoms with Crippen molar-refractivity contribution in [3.8, 4) is 17.2 Å². The number of methoxy groups -OCH3 is 2. The van der Waals surface area contributed by atoms with Gasteiger partial charge in [-0.05, 0) is 41.5 Å². The van der Waals surface area contributed by atoms with Crippen LogP contribution in [-0.4, -0.2) is 20.1 Å². The number of carbonyl (C=O) groups is 1. The van der Waals surface area contributed by atoms with E-state index >= 15 is 0 Å². The zero-order valence-electron chi connectivity index (χ0n) is 16.0. The largest absolute Gasteiger partial charge is 0.493 e.